The molecule has 5 heteroatoms. The first kappa shape index (κ1) is 13.0. The van der Waals surface area contributed by atoms with E-state index in [1.807, 2.05) is 0 Å². The van der Waals surface area contributed by atoms with E-state index < -0.39 is 12.0 Å². The van der Waals surface area contributed by atoms with Gasteiger partial charge in [0.25, 0.3) is 0 Å². The van der Waals surface area contributed by atoms with Crippen LogP contribution in [0.25, 0.3) is 0 Å². The molecule has 16 heavy (non-hydrogen) atoms. The first-order chi connectivity index (χ1) is 7.43. The Morgan fingerprint density at radius 2 is 2.00 bits per heavy atom. The molecule has 0 spiro atoms. The van der Waals surface area contributed by atoms with Gasteiger partial charge < -0.3 is 16.2 Å². The summed E-state index contributed by atoms with van der Waals surface area (Å²) in [7, 11) is 0. The van der Waals surface area contributed by atoms with E-state index in [-0.39, 0.29) is 23.8 Å². The van der Waals surface area contributed by atoms with Crippen LogP contribution in [0.5, 0.6) is 0 Å². The Kier molecular flexibility index (Phi) is 4.29. The molecule has 0 bridgehead atoms. The Labute approximate surface area is 95.4 Å². The second kappa shape index (κ2) is 5.30. The van der Waals surface area contributed by atoms with E-state index in [1.54, 1.807) is 13.8 Å². The highest BCUT2D eigenvalue weighted by Crippen LogP contribution is 2.24. The third-order valence-corrected chi connectivity index (χ3v) is 3.14. The fourth-order valence-corrected chi connectivity index (χ4v) is 2.09. The molecule has 0 heterocycles. The van der Waals surface area contributed by atoms with Crippen LogP contribution in [0.1, 0.15) is 33.1 Å². The Hall–Kier alpha value is -1.10. The predicted molar refractivity (Wildman–Crippen MR) is 59.7 cm³/mol. The van der Waals surface area contributed by atoms with Crippen molar-refractivity contribution < 1.29 is 14.7 Å². The third kappa shape index (κ3) is 2.95. The molecule has 3 atom stereocenters. The molecular weight excluding hydrogens is 208 g/mol. The largest absolute Gasteiger partial charge is 0.480 e. The summed E-state index contributed by atoms with van der Waals surface area (Å²) in [5.74, 6) is -1.55. The van der Waals surface area contributed by atoms with Crippen molar-refractivity contribution >= 4 is 11.9 Å². The van der Waals surface area contributed by atoms with Crippen molar-refractivity contribution in [1.29, 1.82) is 0 Å². The minimum absolute atomic E-state index is 0.124. The summed E-state index contributed by atoms with van der Waals surface area (Å²) in [6.07, 6.45) is 2.55. The van der Waals surface area contributed by atoms with Gasteiger partial charge in [0.1, 0.15) is 6.04 Å². The van der Waals surface area contributed by atoms with Gasteiger partial charge in [-0.3, -0.25) is 4.79 Å². The van der Waals surface area contributed by atoms with Crippen LogP contribution < -0.4 is 11.1 Å². The van der Waals surface area contributed by atoms with Crippen LogP contribution >= 0.6 is 0 Å². The van der Waals surface area contributed by atoms with Crippen molar-refractivity contribution in [3.63, 3.8) is 0 Å². The molecule has 4 N–H and O–H groups in total. The number of carboxylic acids is 1. The molecule has 92 valence electrons. The second-order valence-corrected chi connectivity index (χ2v) is 4.77. The molecule has 3 unspecified atom stereocenters. The third-order valence-electron chi connectivity index (χ3n) is 3.14. The average Bonchev–Trinajstić information content (AvgIpc) is 2.59. The molecule has 0 aromatic carbocycles. The van der Waals surface area contributed by atoms with Crippen LogP contribution in [-0.2, 0) is 9.59 Å². The number of rotatable bonds is 4. The lowest BCUT2D eigenvalue weighted by Crippen LogP contribution is -2.48. The van der Waals surface area contributed by atoms with E-state index in [4.69, 9.17) is 10.8 Å². The zero-order valence-corrected chi connectivity index (χ0v) is 9.77. The molecule has 1 fully saturated rings. The molecule has 1 amide bonds. The van der Waals surface area contributed by atoms with Crippen LogP contribution in [-0.4, -0.2) is 29.1 Å². The van der Waals surface area contributed by atoms with Crippen LogP contribution in [0.15, 0.2) is 0 Å². The predicted octanol–water partition coefficient (Wildman–Crippen LogP) is 0.339. The maximum absolute atomic E-state index is 11.8. The van der Waals surface area contributed by atoms with E-state index in [9.17, 15) is 9.59 Å². The average molecular weight is 228 g/mol. The number of nitrogens with two attached hydrogens (primary N) is 1. The summed E-state index contributed by atoms with van der Waals surface area (Å²) in [5, 5.41) is 11.5. The Bertz CT molecular complexity index is 278. The van der Waals surface area contributed by atoms with Gasteiger partial charge in [-0.15, -0.1) is 0 Å². The van der Waals surface area contributed by atoms with Crippen LogP contribution in [0.4, 0.5) is 0 Å². The summed E-state index contributed by atoms with van der Waals surface area (Å²) in [4.78, 5) is 22.7. The molecule has 1 aliphatic carbocycles. The fourth-order valence-electron chi connectivity index (χ4n) is 2.09. The van der Waals surface area contributed by atoms with Gasteiger partial charge in [0, 0.05) is 6.04 Å². The SMILES string of the molecule is CC(C)C(NC(=O)C1CCCC1N)C(=O)O. The summed E-state index contributed by atoms with van der Waals surface area (Å²) >= 11 is 0. The number of hydrogen-bond acceptors (Lipinski definition) is 3. The number of hydrogen-bond donors (Lipinski definition) is 3. The lowest BCUT2D eigenvalue weighted by molar-refractivity contribution is -0.143. The smallest absolute Gasteiger partial charge is 0.326 e. The van der Waals surface area contributed by atoms with E-state index in [0.717, 1.165) is 19.3 Å². The van der Waals surface area contributed by atoms with Gasteiger partial charge in [0.2, 0.25) is 5.91 Å². The van der Waals surface area contributed by atoms with Gasteiger partial charge in [0.15, 0.2) is 0 Å². The number of amides is 1. The highest BCUT2D eigenvalue weighted by molar-refractivity contribution is 5.85. The molecule has 1 rings (SSSR count). The minimum atomic E-state index is -0.991. The molecule has 0 aromatic heterocycles. The van der Waals surface area contributed by atoms with E-state index in [0.29, 0.717) is 0 Å². The van der Waals surface area contributed by atoms with Crippen LogP contribution in [0, 0.1) is 11.8 Å². The van der Waals surface area contributed by atoms with Crippen molar-refractivity contribution in [2.45, 2.75) is 45.2 Å². The van der Waals surface area contributed by atoms with Crippen molar-refractivity contribution in [2.75, 3.05) is 0 Å². The van der Waals surface area contributed by atoms with Crippen molar-refractivity contribution in [1.82, 2.24) is 5.32 Å². The molecule has 0 aromatic rings. The zero-order chi connectivity index (χ0) is 12.3. The normalized spacial score (nSPS) is 26.8. The summed E-state index contributed by atoms with van der Waals surface area (Å²) in [5.41, 5.74) is 5.80. The molecule has 1 saturated carbocycles. The number of carboxylic acid groups (broad SMARTS) is 1. The minimum Gasteiger partial charge on any atom is -0.480 e. The molecule has 1 aliphatic rings. The molecular formula is C11H20N2O3. The summed E-state index contributed by atoms with van der Waals surface area (Å²) < 4.78 is 0. The van der Waals surface area contributed by atoms with Crippen molar-refractivity contribution in [3.05, 3.63) is 0 Å². The standard InChI is InChI=1S/C11H20N2O3/c1-6(2)9(11(15)16)13-10(14)7-4-3-5-8(7)12/h6-9H,3-5,12H2,1-2H3,(H,13,14)(H,15,16). The lowest BCUT2D eigenvalue weighted by Gasteiger charge is -2.21. The number of carbonyl (C=O) groups excluding carboxylic acids is 1. The maximum Gasteiger partial charge on any atom is 0.326 e. The van der Waals surface area contributed by atoms with Crippen LogP contribution in [0.3, 0.4) is 0 Å². The van der Waals surface area contributed by atoms with Gasteiger partial charge in [-0.2, -0.15) is 0 Å². The van der Waals surface area contributed by atoms with E-state index in [2.05, 4.69) is 5.32 Å². The number of aliphatic carboxylic acids is 1. The monoisotopic (exact) mass is 228 g/mol. The fraction of sp³-hybridized carbons (Fsp3) is 0.818. The Morgan fingerprint density at radius 3 is 2.38 bits per heavy atom. The molecule has 5 nitrogen and oxygen atoms in total. The van der Waals surface area contributed by atoms with Crippen molar-refractivity contribution in [2.24, 2.45) is 17.6 Å². The van der Waals surface area contributed by atoms with Gasteiger partial charge in [-0.25, -0.2) is 4.79 Å². The Morgan fingerprint density at radius 1 is 1.38 bits per heavy atom. The Balaban J connectivity index is 2.58. The second-order valence-electron chi connectivity index (χ2n) is 4.77. The topological polar surface area (TPSA) is 92.4 Å². The van der Waals surface area contributed by atoms with Gasteiger partial charge in [-0.1, -0.05) is 20.3 Å². The summed E-state index contributed by atoms with van der Waals surface area (Å²) in [6.45, 7) is 3.54. The molecule has 0 aliphatic heterocycles. The first-order valence-electron chi connectivity index (χ1n) is 5.72. The van der Waals surface area contributed by atoms with Gasteiger partial charge in [0.05, 0.1) is 5.92 Å². The van der Waals surface area contributed by atoms with E-state index >= 15 is 0 Å². The lowest BCUT2D eigenvalue weighted by atomic mass is 10.00. The highest BCUT2D eigenvalue weighted by Gasteiger charge is 2.33. The first-order valence-corrected chi connectivity index (χ1v) is 5.72. The number of nitrogens with one attached hydrogen (secondary N) is 1. The van der Waals surface area contributed by atoms with Crippen molar-refractivity contribution in [3.8, 4) is 0 Å². The van der Waals surface area contributed by atoms with Crippen LogP contribution in [0.2, 0.25) is 0 Å². The van der Waals surface area contributed by atoms with Gasteiger partial charge >= 0.3 is 5.97 Å². The quantitative estimate of drug-likeness (QED) is 0.647. The summed E-state index contributed by atoms with van der Waals surface area (Å²) in [6, 6.07) is -0.943. The van der Waals surface area contributed by atoms with Gasteiger partial charge in [-0.05, 0) is 18.8 Å². The maximum atomic E-state index is 11.8. The highest BCUT2D eigenvalue weighted by atomic mass is 16.4. The van der Waals surface area contributed by atoms with E-state index in [1.165, 1.54) is 0 Å². The number of carbonyl (C=O) groups is 2. The zero-order valence-electron chi connectivity index (χ0n) is 9.77. The molecule has 0 saturated heterocycles. The molecule has 0 radical (unpaired) electrons.